The molecular weight excluding hydrogens is 208 g/mol. The van der Waals surface area contributed by atoms with E-state index in [-0.39, 0.29) is 5.25 Å². The van der Waals surface area contributed by atoms with Gasteiger partial charge >= 0.3 is 0 Å². The minimum atomic E-state index is -0.737. The first-order valence-corrected chi connectivity index (χ1v) is 7.35. The Labute approximate surface area is 95.0 Å². The summed E-state index contributed by atoms with van der Waals surface area (Å²) >= 11 is 0. The molecule has 0 aromatic heterocycles. The number of aliphatic imine (C=N–C) groups is 1. The lowest BCUT2D eigenvalue weighted by atomic mass is 10.1. The van der Waals surface area contributed by atoms with Gasteiger partial charge in [-0.2, -0.15) is 0 Å². The topological polar surface area (TPSA) is 55.4 Å². The summed E-state index contributed by atoms with van der Waals surface area (Å²) in [5.74, 6) is 1.34. The zero-order valence-electron chi connectivity index (χ0n) is 9.74. The molecule has 0 aromatic rings. The number of amidine groups is 1. The monoisotopic (exact) mass is 230 g/mol. The zero-order chi connectivity index (χ0) is 11.3. The molecule has 1 saturated carbocycles. The molecule has 2 atom stereocenters. The maximum Gasteiger partial charge on any atom is 0.0968 e. The van der Waals surface area contributed by atoms with Crippen LogP contribution in [0.1, 0.15) is 39.0 Å². The van der Waals surface area contributed by atoms with Crippen LogP contribution in [0.5, 0.6) is 0 Å². The van der Waals surface area contributed by atoms with Crippen molar-refractivity contribution in [1.29, 1.82) is 0 Å². The quantitative estimate of drug-likeness (QED) is 0.577. The third-order valence-corrected chi connectivity index (χ3v) is 4.54. The molecule has 0 amide bonds. The third kappa shape index (κ3) is 4.33. The van der Waals surface area contributed by atoms with Gasteiger partial charge < -0.3 is 5.73 Å². The van der Waals surface area contributed by atoms with Gasteiger partial charge in [-0.15, -0.1) is 0 Å². The van der Waals surface area contributed by atoms with Gasteiger partial charge in [-0.25, -0.2) is 0 Å². The molecule has 2 unspecified atom stereocenters. The fraction of sp³-hybridized carbons (Fsp3) is 0.909. The van der Waals surface area contributed by atoms with Crippen LogP contribution in [0.4, 0.5) is 0 Å². The first-order valence-electron chi connectivity index (χ1n) is 5.73. The zero-order valence-corrected chi connectivity index (χ0v) is 10.6. The largest absolute Gasteiger partial charge is 0.387 e. The Morgan fingerprint density at radius 3 is 2.67 bits per heavy atom. The van der Waals surface area contributed by atoms with Crippen LogP contribution in [0.3, 0.4) is 0 Å². The molecule has 4 heteroatoms. The molecule has 88 valence electrons. The Kier molecular flexibility index (Phi) is 5.29. The van der Waals surface area contributed by atoms with E-state index in [4.69, 9.17) is 5.73 Å². The van der Waals surface area contributed by atoms with E-state index < -0.39 is 10.8 Å². The number of hydrogen-bond donors (Lipinski definition) is 1. The molecule has 15 heavy (non-hydrogen) atoms. The Morgan fingerprint density at radius 2 is 2.13 bits per heavy atom. The van der Waals surface area contributed by atoms with Crippen LogP contribution in [0.25, 0.3) is 0 Å². The average molecular weight is 230 g/mol. The van der Waals surface area contributed by atoms with Crippen LogP contribution >= 0.6 is 0 Å². The van der Waals surface area contributed by atoms with Crippen molar-refractivity contribution in [2.45, 2.75) is 44.3 Å². The predicted molar refractivity (Wildman–Crippen MR) is 66.6 cm³/mol. The molecule has 2 N–H and O–H groups in total. The van der Waals surface area contributed by atoms with Crippen LogP contribution in [-0.2, 0) is 10.8 Å². The van der Waals surface area contributed by atoms with Crippen LogP contribution in [0.2, 0.25) is 0 Å². The summed E-state index contributed by atoms with van der Waals surface area (Å²) in [6.07, 6.45) is 7.59. The fourth-order valence-corrected chi connectivity index (χ4v) is 2.33. The number of hydrogen-bond acceptors (Lipinski definition) is 2. The summed E-state index contributed by atoms with van der Waals surface area (Å²) < 4.78 is 11.1. The lowest BCUT2D eigenvalue weighted by Gasteiger charge is -2.09. The molecule has 1 aliphatic carbocycles. The SMILES string of the molecule is CC(CCN=C(N)C1CCCC1)S(C)=O. The van der Waals surface area contributed by atoms with Crippen molar-refractivity contribution in [2.24, 2.45) is 16.6 Å². The molecule has 1 aliphatic rings. The molecule has 0 spiro atoms. The molecule has 0 saturated heterocycles. The standard InChI is InChI=1S/C11H22N2OS/c1-9(15(2)14)7-8-13-11(12)10-5-3-4-6-10/h9-10H,3-8H2,1-2H3,(H2,12,13). The van der Waals surface area contributed by atoms with E-state index in [2.05, 4.69) is 4.99 Å². The highest BCUT2D eigenvalue weighted by molar-refractivity contribution is 7.84. The summed E-state index contributed by atoms with van der Waals surface area (Å²) in [5, 5.41) is 0.227. The minimum absolute atomic E-state index is 0.227. The minimum Gasteiger partial charge on any atom is -0.387 e. The summed E-state index contributed by atoms with van der Waals surface area (Å²) in [6.45, 7) is 2.72. The summed E-state index contributed by atoms with van der Waals surface area (Å²) in [7, 11) is -0.737. The van der Waals surface area contributed by atoms with Gasteiger partial charge in [0.25, 0.3) is 0 Å². The molecule has 3 nitrogen and oxygen atoms in total. The summed E-state index contributed by atoms with van der Waals surface area (Å²) in [6, 6.07) is 0. The van der Waals surface area contributed by atoms with E-state index in [1.807, 2.05) is 6.92 Å². The van der Waals surface area contributed by atoms with Gasteiger partial charge in [0, 0.05) is 34.8 Å². The third-order valence-electron chi connectivity index (χ3n) is 3.17. The Morgan fingerprint density at radius 1 is 1.53 bits per heavy atom. The van der Waals surface area contributed by atoms with Crippen LogP contribution < -0.4 is 5.73 Å². The van der Waals surface area contributed by atoms with Gasteiger partial charge in [0.1, 0.15) is 0 Å². The van der Waals surface area contributed by atoms with Gasteiger partial charge in [-0.1, -0.05) is 19.8 Å². The van der Waals surface area contributed by atoms with E-state index in [0.717, 1.165) is 18.8 Å². The van der Waals surface area contributed by atoms with Gasteiger partial charge in [0.2, 0.25) is 0 Å². The maximum atomic E-state index is 11.1. The Balaban J connectivity index is 2.27. The molecule has 1 rings (SSSR count). The first-order chi connectivity index (χ1) is 7.11. The van der Waals surface area contributed by atoms with Crippen molar-refractivity contribution in [3.05, 3.63) is 0 Å². The predicted octanol–water partition coefficient (Wildman–Crippen LogP) is 1.69. The molecule has 0 heterocycles. The van der Waals surface area contributed by atoms with Crippen LogP contribution in [-0.4, -0.2) is 28.1 Å². The van der Waals surface area contributed by atoms with Gasteiger partial charge in [0.05, 0.1) is 5.84 Å². The van der Waals surface area contributed by atoms with Crippen LogP contribution in [0, 0.1) is 5.92 Å². The van der Waals surface area contributed by atoms with E-state index in [0.29, 0.717) is 5.92 Å². The second-order valence-electron chi connectivity index (χ2n) is 4.39. The van der Waals surface area contributed by atoms with Gasteiger partial charge in [-0.3, -0.25) is 9.20 Å². The lowest BCUT2D eigenvalue weighted by Crippen LogP contribution is -2.22. The van der Waals surface area contributed by atoms with Crippen molar-refractivity contribution < 1.29 is 4.21 Å². The van der Waals surface area contributed by atoms with Crippen molar-refractivity contribution in [3.63, 3.8) is 0 Å². The summed E-state index contributed by atoms with van der Waals surface area (Å²) in [5.41, 5.74) is 5.92. The van der Waals surface area contributed by atoms with Gasteiger partial charge in [0.15, 0.2) is 0 Å². The highest BCUT2D eigenvalue weighted by atomic mass is 32.2. The van der Waals surface area contributed by atoms with Gasteiger partial charge in [-0.05, 0) is 19.3 Å². The molecule has 1 fully saturated rings. The Hall–Kier alpha value is -0.380. The number of rotatable bonds is 5. The number of nitrogens with zero attached hydrogens (tertiary/aromatic N) is 1. The lowest BCUT2D eigenvalue weighted by molar-refractivity contribution is 0.668. The highest BCUT2D eigenvalue weighted by Gasteiger charge is 2.18. The summed E-state index contributed by atoms with van der Waals surface area (Å²) in [4.78, 5) is 4.39. The van der Waals surface area contributed by atoms with E-state index in [9.17, 15) is 4.21 Å². The van der Waals surface area contributed by atoms with Crippen LogP contribution in [0.15, 0.2) is 4.99 Å². The number of nitrogens with two attached hydrogens (primary N) is 1. The van der Waals surface area contributed by atoms with Crippen molar-refractivity contribution in [2.75, 3.05) is 12.8 Å². The molecule has 0 bridgehead atoms. The van der Waals surface area contributed by atoms with Crippen molar-refractivity contribution in [3.8, 4) is 0 Å². The second kappa shape index (κ2) is 6.26. The maximum absolute atomic E-state index is 11.1. The molecule has 0 radical (unpaired) electrons. The normalized spacial score (nSPS) is 22.9. The van der Waals surface area contributed by atoms with E-state index in [1.54, 1.807) is 6.26 Å². The fourth-order valence-electron chi connectivity index (χ4n) is 1.89. The van der Waals surface area contributed by atoms with Crippen molar-refractivity contribution >= 4 is 16.6 Å². The highest BCUT2D eigenvalue weighted by Crippen LogP contribution is 2.24. The molecular formula is C11H22N2OS. The van der Waals surface area contributed by atoms with E-state index in [1.165, 1.54) is 25.7 Å². The second-order valence-corrected chi connectivity index (χ2v) is 6.19. The smallest absolute Gasteiger partial charge is 0.0968 e. The van der Waals surface area contributed by atoms with E-state index >= 15 is 0 Å². The first kappa shape index (κ1) is 12.7. The molecule has 0 aromatic carbocycles. The van der Waals surface area contributed by atoms with Crippen molar-refractivity contribution in [1.82, 2.24) is 0 Å². The average Bonchev–Trinajstić information content (AvgIpc) is 2.70. The Bertz CT molecular complexity index is 247. The molecule has 0 aliphatic heterocycles.